The van der Waals surface area contributed by atoms with Gasteiger partial charge in [-0.25, -0.2) is 0 Å². The summed E-state index contributed by atoms with van der Waals surface area (Å²) in [5, 5.41) is 3.44. The zero-order valence-electron chi connectivity index (χ0n) is 11.1. The van der Waals surface area contributed by atoms with Crippen molar-refractivity contribution < 1.29 is 0 Å². The topological polar surface area (TPSA) is 41.3 Å². The summed E-state index contributed by atoms with van der Waals surface area (Å²) in [5.74, 6) is 0. The van der Waals surface area contributed by atoms with Crippen molar-refractivity contribution in [2.24, 2.45) is 0 Å². The summed E-state index contributed by atoms with van der Waals surface area (Å²) < 4.78 is 0. The third kappa shape index (κ3) is 5.20. The lowest BCUT2D eigenvalue weighted by Crippen LogP contribution is -2.32. The predicted molar refractivity (Wildman–Crippen MR) is 75.0 cm³/mol. The molecule has 3 nitrogen and oxygen atoms in total. The Labute approximate surface area is 105 Å². The number of anilines is 1. The fraction of sp³-hybridized carbons (Fsp3) is 0.571. The molecule has 0 spiro atoms. The summed E-state index contributed by atoms with van der Waals surface area (Å²) in [4.78, 5) is 2.46. The summed E-state index contributed by atoms with van der Waals surface area (Å²) >= 11 is 0. The second-order valence-electron chi connectivity index (χ2n) is 4.31. The number of rotatable bonds is 8. The van der Waals surface area contributed by atoms with Gasteiger partial charge in [-0.3, -0.25) is 0 Å². The summed E-state index contributed by atoms with van der Waals surface area (Å²) in [5.41, 5.74) is 7.95. The second-order valence-corrected chi connectivity index (χ2v) is 4.31. The Balaban J connectivity index is 2.22. The van der Waals surface area contributed by atoms with E-state index in [0.29, 0.717) is 0 Å². The SMILES string of the molecule is CCCN(CC)CCNCc1ccccc1N. The van der Waals surface area contributed by atoms with Crippen LogP contribution in [0.15, 0.2) is 24.3 Å². The van der Waals surface area contributed by atoms with Gasteiger partial charge in [0.15, 0.2) is 0 Å². The average molecular weight is 235 g/mol. The van der Waals surface area contributed by atoms with Gasteiger partial charge in [-0.1, -0.05) is 32.0 Å². The molecule has 0 atom stereocenters. The number of benzene rings is 1. The Morgan fingerprint density at radius 3 is 2.59 bits per heavy atom. The van der Waals surface area contributed by atoms with Crippen LogP contribution in [0.25, 0.3) is 0 Å². The number of nitrogens with one attached hydrogen (secondary N) is 1. The van der Waals surface area contributed by atoms with Gasteiger partial charge in [0.25, 0.3) is 0 Å². The lowest BCUT2D eigenvalue weighted by Gasteiger charge is -2.19. The van der Waals surface area contributed by atoms with Gasteiger partial charge in [-0.05, 0) is 31.1 Å². The molecular weight excluding hydrogens is 210 g/mol. The van der Waals surface area contributed by atoms with E-state index >= 15 is 0 Å². The highest BCUT2D eigenvalue weighted by atomic mass is 15.1. The van der Waals surface area contributed by atoms with Crippen LogP contribution < -0.4 is 11.1 Å². The Morgan fingerprint density at radius 1 is 1.18 bits per heavy atom. The Kier molecular flexibility index (Phi) is 6.67. The van der Waals surface area contributed by atoms with Crippen molar-refractivity contribution in [1.82, 2.24) is 10.2 Å². The molecule has 0 radical (unpaired) electrons. The zero-order chi connectivity index (χ0) is 12.5. The molecule has 0 aliphatic rings. The Morgan fingerprint density at radius 2 is 1.94 bits per heavy atom. The van der Waals surface area contributed by atoms with Gasteiger partial charge < -0.3 is 16.0 Å². The van der Waals surface area contributed by atoms with Crippen molar-refractivity contribution in [1.29, 1.82) is 0 Å². The van der Waals surface area contributed by atoms with Crippen molar-refractivity contribution in [3.8, 4) is 0 Å². The molecule has 3 heteroatoms. The van der Waals surface area contributed by atoms with Crippen LogP contribution >= 0.6 is 0 Å². The van der Waals surface area contributed by atoms with Gasteiger partial charge in [-0.15, -0.1) is 0 Å². The van der Waals surface area contributed by atoms with Gasteiger partial charge >= 0.3 is 0 Å². The molecule has 0 saturated heterocycles. The Bertz CT molecular complexity index is 312. The molecule has 96 valence electrons. The largest absolute Gasteiger partial charge is 0.398 e. The molecule has 0 saturated carbocycles. The van der Waals surface area contributed by atoms with Crippen LogP contribution in [0.3, 0.4) is 0 Å². The van der Waals surface area contributed by atoms with Crippen LogP contribution in [0.5, 0.6) is 0 Å². The molecule has 0 amide bonds. The summed E-state index contributed by atoms with van der Waals surface area (Å²) in [7, 11) is 0. The summed E-state index contributed by atoms with van der Waals surface area (Å²) in [6.45, 7) is 9.73. The molecule has 0 aliphatic heterocycles. The second kappa shape index (κ2) is 8.09. The number of hydrogen-bond acceptors (Lipinski definition) is 3. The third-order valence-corrected chi connectivity index (χ3v) is 2.96. The molecule has 17 heavy (non-hydrogen) atoms. The summed E-state index contributed by atoms with van der Waals surface area (Å²) in [6, 6.07) is 8.03. The normalized spacial score (nSPS) is 11.0. The standard InChI is InChI=1S/C14H25N3/c1-3-10-17(4-2)11-9-16-12-13-7-5-6-8-14(13)15/h5-8,16H,3-4,9-12,15H2,1-2H3. The molecule has 0 aliphatic carbocycles. The molecule has 0 aromatic heterocycles. The van der Waals surface area contributed by atoms with Crippen LogP contribution in [0, 0.1) is 0 Å². The van der Waals surface area contributed by atoms with E-state index in [-0.39, 0.29) is 0 Å². The van der Waals surface area contributed by atoms with Crippen LogP contribution in [-0.2, 0) is 6.54 Å². The average Bonchev–Trinajstić information content (AvgIpc) is 2.35. The maximum absolute atomic E-state index is 5.89. The minimum absolute atomic E-state index is 0.857. The molecule has 1 rings (SSSR count). The number of hydrogen-bond donors (Lipinski definition) is 2. The Hall–Kier alpha value is -1.06. The minimum Gasteiger partial charge on any atom is -0.398 e. The number of nitrogens with two attached hydrogens (primary N) is 1. The number of nitrogens with zero attached hydrogens (tertiary/aromatic N) is 1. The van der Waals surface area contributed by atoms with E-state index in [0.717, 1.165) is 31.9 Å². The maximum atomic E-state index is 5.89. The molecule has 3 N–H and O–H groups in total. The lowest BCUT2D eigenvalue weighted by molar-refractivity contribution is 0.287. The highest BCUT2D eigenvalue weighted by molar-refractivity contribution is 5.46. The van der Waals surface area contributed by atoms with Crippen molar-refractivity contribution in [3.63, 3.8) is 0 Å². The van der Waals surface area contributed by atoms with E-state index in [1.165, 1.54) is 18.5 Å². The van der Waals surface area contributed by atoms with Crippen LogP contribution in [0.2, 0.25) is 0 Å². The first-order valence-corrected chi connectivity index (χ1v) is 6.54. The van der Waals surface area contributed by atoms with Crippen molar-refractivity contribution in [2.75, 3.05) is 31.9 Å². The van der Waals surface area contributed by atoms with Crippen molar-refractivity contribution in [2.45, 2.75) is 26.8 Å². The van der Waals surface area contributed by atoms with E-state index < -0.39 is 0 Å². The monoisotopic (exact) mass is 235 g/mol. The summed E-state index contributed by atoms with van der Waals surface area (Å²) in [6.07, 6.45) is 1.22. The highest BCUT2D eigenvalue weighted by Crippen LogP contribution is 2.09. The van der Waals surface area contributed by atoms with E-state index in [9.17, 15) is 0 Å². The van der Waals surface area contributed by atoms with Gasteiger partial charge in [0.05, 0.1) is 0 Å². The number of para-hydroxylation sites is 1. The van der Waals surface area contributed by atoms with Crippen LogP contribution in [-0.4, -0.2) is 31.1 Å². The highest BCUT2D eigenvalue weighted by Gasteiger charge is 2.00. The predicted octanol–water partition coefficient (Wildman–Crippen LogP) is 2.09. The van der Waals surface area contributed by atoms with Crippen molar-refractivity contribution >= 4 is 5.69 Å². The molecule has 0 fully saturated rings. The number of nitrogen functional groups attached to an aromatic ring is 1. The third-order valence-electron chi connectivity index (χ3n) is 2.96. The van der Waals surface area contributed by atoms with Gasteiger partial charge in [0, 0.05) is 25.3 Å². The van der Waals surface area contributed by atoms with Crippen LogP contribution in [0.4, 0.5) is 5.69 Å². The van der Waals surface area contributed by atoms with Crippen LogP contribution in [0.1, 0.15) is 25.8 Å². The first-order valence-electron chi connectivity index (χ1n) is 6.54. The molecule has 0 bridgehead atoms. The smallest absolute Gasteiger partial charge is 0.0359 e. The first kappa shape index (κ1) is 14.0. The molecular formula is C14H25N3. The van der Waals surface area contributed by atoms with Crippen molar-refractivity contribution in [3.05, 3.63) is 29.8 Å². The molecule has 1 aromatic carbocycles. The van der Waals surface area contributed by atoms with E-state index in [1.807, 2.05) is 18.2 Å². The van der Waals surface area contributed by atoms with E-state index in [1.54, 1.807) is 0 Å². The number of likely N-dealkylation sites (N-methyl/N-ethyl adjacent to an activating group) is 1. The quantitative estimate of drug-likeness (QED) is 0.535. The van der Waals surface area contributed by atoms with E-state index in [4.69, 9.17) is 5.73 Å². The zero-order valence-corrected chi connectivity index (χ0v) is 11.1. The molecule has 0 unspecified atom stereocenters. The molecule has 0 heterocycles. The lowest BCUT2D eigenvalue weighted by atomic mass is 10.2. The van der Waals surface area contributed by atoms with Gasteiger partial charge in [-0.2, -0.15) is 0 Å². The fourth-order valence-corrected chi connectivity index (χ4v) is 1.90. The first-order chi connectivity index (χ1) is 8.27. The minimum atomic E-state index is 0.857. The van der Waals surface area contributed by atoms with Gasteiger partial charge in [0.1, 0.15) is 0 Å². The van der Waals surface area contributed by atoms with Gasteiger partial charge in [0.2, 0.25) is 0 Å². The fourth-order valence-electron chi connectivity index (χ4n) is 1.90. The molecule has 1 aromatic rings. The van der Waals surface area contributed by atoms with E-state index in [2.05, 4.69) is 30.1 Å². The maximum Gasteiger partial charge on any atom is 0.0359 e.